The summed E-state index contributed by atoms with van der Waals surface area (Å²) >= 11 is 6.10. The number of carboxylic acid groups (broad SMARTS) is 1. The lowest BCUT2D eigenvalue weighted by Crippen LogP contribution is -2.56. The van der Waals surface area contributed by atoms with E-state index in [-0.39, 0.29) is 24.8 Å². The van der Waals surface area contributed by atoms with Crippen molar-refractivity contribution in [1.82, 2.24) is 10.2 Å². The summed E-state index contributed by atoms with van der Waals surface area (Å²) in [5.74, 6) is 0.404. The maximum Gasteiger partial charge on any atom is 0.290 e. The Morgan fingerprint density at radius 1 is 1.43 bits per heavy atom. The highest BCUT2D eigenvalue weighted by atomic mass is 35.5. The summed E-state index contributed by atoms with van der Waals surface area (Å²) in [6.45, 7) is 3.47. The number of nitrogens with zero attached hydrogens (tertiary/aromatic N) is 1. The number of carbonyl (C=O) groups excluding carboxylic acids is 2. The van der Waals surface area contributed by atoms with Crippen LogP contribution in [0, 0.1) is 12.3 Å². The van der Waals surface area contributed by atoms with Crippen molar-refractivity contribution in [3.8, 4) is 5.75 Å². The Balaban J connectivity index is 0.00000101. The monoisotopic (exact) mass is 441 g/mol. The number of carbonyl (C=O) groups is 3. The molecule has 166 valence electrons. The molecule has 0 aliphatic carbocycles. The third-order valence-corrected chi connectivity index (χ3v) is 5.95. The van der Waals surface area contributed by atoms with Gasteiger partial charge in [0, 0.05) is 17.6 Å². The highest BCUT2D eigenvalue weighted by Crippen LogP contribution is 2.38. The van der Waals surface area contributed by atoms with Gasteiger partial charge in [-0.2, -0.15) is 0 Å². The van der Waals surface area contributed by atoms with E-state index in [4.69, 9.17) is 26.2 Å². The molecule has 4 N–H and O–H groups in total. The molecule has 2 amide bonds. The largest absolute Gasteiger partial charge is 0.495 e. The van der Waals surface area contributed by atoms with Crippen molar-refractivity contribution in [2.24, 2.45) is 5.41 Å². The summed E-state index contributed by atoms with van der Waals surface area (Å²) in [5, 5.41) is 23.0. The van der Waals surface area contributed by atoms with Crippen LogP contribution in [-0.4, -0.2) is 72.8 Å². The molecule has 10 heteroatoms. The Morgan fingerprint density at radius 2 is 2.07 bits per heavy atom. The topological polar surface area (TPSA) is 128 Å². The van der Waals surface area contributed by atoms with Gasteiger partial charge in [0.05, 0.1) is 30.9 Å². The van der Waals surface area contributed by atoms with Gasteiger partial charge >= 0.3 is 0 Å². The van der Waals surface area contributed by atoms with Gasteiger partial charge in [0.1, 0.15) is 5.75 Å². The molecule has 2 aliphatic heterocycles. The molecule has 1 spiro atoms. The third-order valence-electron chi connectivity index (χ3n) is 5.54. The fraction of sp³-hybridized carbons (Fsp3) is 0.550. The fourth-order valence-corrected chi connectivity index (χ4v) is 4.06. The van der Waals surface area contributed by atoms with Crippen LogP contribution in [-0.2, 0) is 14.4 Å². The number of hydrogen-bond donors (Lipinski definition) is 4. The maximum atomic E-state index is 12.5. The highest BCUT2D eigenvalue weighted by molar-refractivity contribution is 6.31. The summed E-state index contributed by atoms with van der Waals surface area (Å²) in [6, 6.07) is 3.47. The first-order valence-electron chi connectivity index (χ1n) is 9.65. The predicted octanol–water partition coefficient (Wildman–Crippen LogP) is 1.26. The van der Waals surface area contributed by atoms with Crippen molar-refractivity contribution in [3.63, 3.8) is 0 Å². The van der Waals surface area contributed by atoms with Crippen LogP contribution in [0.2, 0.25) is 5.02 Å². The molecule has 2 aliphatic rings. The normalized spacial score (nSPS) is 20.5. The lowest BCUT2D eigenvalue weighted by Gasteiger charge is -2.44. The molecule has 9 nitrogen and oxygen atoms in total. The van der Waals surface area contributed by atoms with E-state index in [9.17, 15) is 14.7 Å². The van der Waals surface area contributed by atoms with Crippen molar-refractivity contribution in [2.45, 2.75) is 32.3 Å². The average molecular weight is 442 g/mol. The summed E-state index contributed by atoms with van der Waals surface area (Å²) in [5.41, 5.74) is 0.948. The Morgan fingerprint density at radius 3 is 2.67 bits per heavy atom. The summed E-state index contributed by atoms with van der Waals surface area (Å²) in [7, 11) is 1.53. The van der Waals surface area contributed by atoms with Gasteiger partial charge in [0.15, 0.2) is 0 Å². The summed E-state index contributed by atoms with van der Waals surface area (Å²) in [6.07, 6.45) is 1.30. The van der Waals surface area contributed by atoms with Gasteiger partial charge in [-0.05, 0) is 50.9 Å². The number of halogens is 1. The molecular weight excluding hydrogens is 414 g/mol. The number of methoxy groups -OCH3 is 1. The van der Waals surface area contributed by atoms with Crippen molar-refractivity contribution in [2.75, 3.05) is 38.6 Å². The molecule has 0 radical (unpaired) electrons. The van der Waals surface area contributed by atoms with Crippen molar-refractivity contribution >= 4 is 35.6 Å². The molecule has 1 aromatic rings. The van der Waals surface area contributed by atoms with Crippen LogP contribution in [0.15, 0.2) is 12.1 Å². The molecule has 1 aromatic carbocycles. The number of aliphatic hydroxyl groups excluding tert-OH is 1. The number of amides is 2. The minimum Gasteiger partial charge on any atom is -0.495 e. The molecule has 30 heavy (non-hydrogen) atoms. The number of likely N-dealkylation sites (tertiary alicyclic amines) is 1. The number of rotatable bonds is 4. The number of β-amino-alcohol motifs (C(OH)–C–C–N with tert-alkyl or cyclic N) is 1. The van der Waals surface area contributed by atoms with E-state index in [1.807, 2.05) is 11.8 Å². The van der Waals surface area contributed by atoms with Crippen molar-refractivity contribution < 1.29 is 29.3 Å². The second-order valence-electron chi connectivity index (χ2n) is 7.58. The van der Waals surface area contributed by atoms with Gasteiger partial charge in [0.2, 0.25) is 11.8 Å². The fourth-order valence-electron chi connectivity index (χ4n) is 3.91. The van der Waals surface area contributed by atoms with E-state index in [0.717, 1.165) is 5.56 Å². The van der Waals surface area contributed by atoms with Gasteiger partial charge in [-0.3, -0.25) is 19.3 Å². The molecular formula is C20H28ClN3O6. The Labute approximate surface area is 180 Å². The van der Waals surface area contributed by atoms with E-state index < -0.39 is 11.5 Å². The van der Waals surface area contributed by atoms with Crippen LogP contribution in [0.3, 0.4) is 0 Å². The van der Waals surface area contributed by atoms with E-state index in [1.165, 1.54) is 7.11 Å². The van der Waals surface area contributed by atoms with Crippen LogP contribution in [0.4, 0.5) is 5.69 Å². The molecule has 0 aromatic heterocycles. The highest BCUT2D eigenvalue weighted by Gasteiger charge is 2.45. The van der Waals surface area contributed by atoms with Crippen LogP contribution in [0.5, 0.6) is 5.75 Å². The second-order valence-corrected chi connectivity index (χ2v) is 7.99. The first-order valence-corrected chi connectivity index (χ1v) is 10.0. The quantitative estimate of drug-likeness (QED) is 0.518. The molecule has 1 atom stereocenters. The smallest absolute Gasteiger partial charge is 0.290 e. The van der Waals surface area contributed by atoms with Crippen molar-refractivity contribution in [3.05, 3.63) is 22.7 Å². The Kier molecular flexibility index (Phi) is 8.45. The van der Waals surface area contributed by atoms with E-state index in [0.29, 0.717) is 55.4 Å². The van der Waals surface area contributed by atoms with Crippen LogP contribution in [0.1, 0.15) is 24.8 Å². The van der Waals surface area contributed by atoms with Crippen LogP contribution < -0.4 is 15.4 Å². The lowest BCUT2D eigenvalue weighted by molar-refractivity contribution is -0.141. The van der Waals surface area contributed by atoms with E-state index >= 15 is 0 Å². The first-order chi connectivity index (χ1) is 14.2. The lowest BCUT2D eigenvalue weighted by atomic mass is 9.71. The minimum atomic E-state index is -0.499. The Bertz CT molecular complexity index is 780. The van der Waals surface area contributed by atoms with Crippen molar-refractivity contribution in [1.29, 1.82) is 0 Å². The minimum absolute atomic E-state index is 0.0262. The molecule has 2 fully saturated rings. The van der Waals surface area contributed by atoms with Crippen LogP contribution in [0.25, 0.3) is 0 Å². The summed E-state index contributed by atoms with van der Waals surface area (Å²) < 4.78 is 5.29. The molecule has 0 saturated carbocycles. The predicted molar refractivity (Wildman–Crippen MR) is 112 cm³/mol. The number of aryl methyl sites for hydroxylation is 1. The number of hydrogen-bond acceptors (Lipinski definition) is 6. The zero-order valence-electron chi connectivity index (χ0n) is 17.1. The number of nitrogens with one attached hydrogen (secondary N) is 2. The third kappa shape index (κ3) is 5.84. The number of aliphatic hydroxyl groups is 1. The summed E-state index contributed by atoms with van der Waals surface area (Å²) in [4.78, 5) is 35.1. The Hall–Kier alpha value is -2.36. The number of piperidine rings is 2. The molecule has 1 unspecified atom stereocenters. The first kappa shape index (κ1) is 23.9. The van der Waals surface area contributed by atoms with E-state index in [1.54, 1.807) is 12.1 Å². The number of anilines is 1. The molecule has 2 heterocycles. The standard InChI is InChI=1S/C19H26ClN3O4.CH2O2/c1-12-7-15(16(27-2)8-14(12)20)22-17(25)11-23-5-3-19(4-6-23)9-13(24)10-21-18(19)26;2-1-3/h7-8,13,24H,3-6,9-11H2,1-2H3,(H,21,26)(H,22,25);1H,(H,2,3). The van der Waals surface area contributed by atoms with Gasteiger partial charge in [-0.25, -0.2) is 0 Å². The van der Waals surface area contributed by atoms with Crippen LogP contribution >= 0.6 is 11.6 Å². The zero-order chi connectivity index (χ0) is 22.3. The van der Waals surface area contributed by atoms with E-state index in [2.05, 4.69) is 10.6 Å². The number of ether oxygens (including phenoxy) is 1. The van der Waals surface area contributed by atoms with Gasteiger partial charge in [-0.15, -0.1) is 0 Å². The second kappa shape index (κ2) is 10.6. The maximum absolute atomic E-state index is 12.5. The van der Waals surface area contributed by atoms with Gasteiger partial charge in [-0.1, -0.05) is 11.6 Å². The molecule has 2 saturated heterocycles. The zero-order valence-corrected chi connectivity index (χ0v) is 17.9. The molecule has 3 rings (SSSR count). The SMILES string of the molecule is COc1cc(Cl)c(C)cc1NC(=O)CN1CCC2(CC1)CC(O)CNC2=O.O=CO. The molecule has 0 bridgehead atoms. The number of benzene rings is 1. The average Bonchev–Trinajstić information content (AvgIpc) is 2.70. The van der Waals surface area contributed by atoms with Gasteiger partial charge < -0.3 is 25.6 Å². The van der Waals surface area contributed by atoms with Gasteiger partial charge in [0.25, 0.3) is 6.47 Å².